The molecule has 1 aromatic rings. The molecule has 0 saturated heterocycles. The highest BCUT2D eigenvalue weighted by molar-refractivity contribution is 7.88. The summed E-state index contributed by atoms with van der Waals surface area (Å²) in [6.45, 7) is 5.47. The minimum absolute atomic E-state index is 0.480. The Hall–Kier alpha value is -1.07. The van der Waals surface area contributed by atoms with Crippen LogP contribution in [0.5, 0.6) is 0 Å². The Labute approximate surface area is 110 Å². The van der Waals surface area contributed by atoms with Crippen molar-refractivity contribution >= 4 is 15.7 Å². The van der Waals surface area contributed by atoms with Gasteiger partial charge in [0.05, 0.1) is 6.26 Å². The maximum Gasteiger partial charge on any atom is 0.208 e. The standard InChI is InChI=1S/C13H22N2O2S/c1-11-6-7-13(12(2)10-11)15(3)9-5-8-14-18(4,16)17/h6-7,10,14H,5,8-9H2,1-4H3. The fourth-order valence-electron chi connectivity index (χ4n) is 1.93. The molecule has 0 spiro atoms. The third-order valence-electron chi connectivity index (χ3n) is 2.80. The lowest BCUT2D eigenvalue weighted by Crippen LogP contribution is -2.27. The molecule has 1 N–H and O–H groups in total. The molecule has 0 amide bonds. The van der Waals surface area contributed by atoms with Crippen molar-refractivity contribution in [3.63, 3.8) is 0 Å². The topological polar surface area (TPSA) is 49.4 Å². The minimum Gasteiger partial charge on any atom is -0.374 e. The van der Waals surface area contributed by atoms with E-state index < -0.39 is 10.0 Å². The van der Waals surface area contributed by atoms with Gasteiger partial charge in [0.25, 0.3) is 0 Å². The van der Waals surface area contributed by atoms with Gasteiger partial charge in [-0.2, -0.15) is 0 Å². The van der Waals surface area contributed by atoms with Crippen LogP contribution in [-0.4, -0.2) is 34.8 Å². The zero-order valence-corrected chi connectivity index (χ0v) is 12.3. The maximum absolute atomic E-state index is 10.9. The highest BCUT2D eigenvalue weighted by atomic mass is 32.2. The Morgan fingerprint density at radius 1 is 1.28 bits per heavy atom. The first kappa shape index (κ1) is 15.0. The van der Waals surface area contributed by atoms with Crippen molar-refractivity contribution in [3.8, 4) is 0 Å². The second-order valence-electron chi connectivity index (χ2n) is 4.73. The summed E-state index contributed by atoms with van der Waals surface area (Å²) in [7, 11) is -1.04. The average molecular weight is 270 g/mol. The first-order valence-electron chi connectivity index (χ1n) is 6.02. The molecule has 4 nitrogen and oxygen atoms in total. The van der Waals surface area contributed by atoms with Crippen molar-refractivity contribution in [1.29, 1.82) is 0 Å². The van der Waals surface area contributed by atoms with Gasteiger partial charge < -0.3 is 4.90 Å². The summed E-state index contributed by atoms with van der Waals surface area (Å²) in [6.07, 6.45) is 1.97. The lowest BCUT2D eigenvalue weighted by Gasteiger charge is -2.21. The fraction of sp³-hybridized carbons (Fsp3) is 0.538. The van der Waals surface area contributed by atoms with Crippen molar-refractivity contribution < 1.29 is 8.42 Å². The van der Waals surface area contributed by atoms with E-state index in [4.69, 9.17) is 0 Å². The molecule has 1 rings (SSSR count). The van der Waals surface area contributed by atoms with E-state index in [1.165, 1.54) is 23.1 Å². The molecular weight excluding hydrogens is 248 g/mol. The molecule has 0 saturated carbocycles. The van der Waals surface area contributed by atoms with Gasteiger partial charge in [-0.15, -0.1) is 0 Å². The van der Waals surface area contributed by atoms with Crippen LogP contribution < -0.4 is 9.62 Å². The summed E-state index contributed by atoms with van der Waals surface area (Å²) < 4.78 is 24.3. The third kappa shape index (κ3) is 5.06. The Morgan fingerprint density at radius 2 is 1.94 bits per heavy atom. The molecular formula is C13H22N2O2S. The molecule has 0 fully saturated rings. The summed E-state index contributed by atoms with van der Waals surface area (Å²) >= 11 is 0. The molecule has 0 heterocycles. The highest BCUT2D eigenvalue weighted by Gasteiger charge is 2.05. The van der Waals surface area contributed by atoms with Crippen molar-refractivity contribution in [3.05, 3.63) is 29.3 Å². The van der Waals surface area contributed by atoms with Crippen LogP contribution in [0, 0.1) is 13.8 Å². The van der Waals surface area contributed by atoms with Crippen LogP contribution in [0.2, 0.25) is 0 Å². The van der Waals surface area contributed by atoms with Crippen molar-refractivity contribution in [1.82, 2.24) is 4.72 Å². The van der Waals surface area contributed by atoms with Gasteiger partial charge in [-0.25, -0.2) is 13.1 Å². The summed E-state index contributed by atoms with van der Waals surface area (Å²) in [5.41, 5.74) is 3.69. The molecule has 0 unspecified atom stereocenters. The van der Waals surface area contributed by atoms with Gasteiger partial charge in [-0.05, 0) is 31.9 Å². The van der Waals surface area contributed by atoms with Gasteiger partial charge in [-0.3, -0.25) is 0 Å². The molecule has 0 bridgehead atoms. The van der Waals surface area contributed by atoms with E-state index in [1.807, 2.05) is 7.05 Å². The SMILES string of the molecule is Cc1ccc(N(C)CCCNS(C)(=O)=O)c(C)c1. The Balaban J connectivity index is 2.48. The molecule has 18 heavy (non-hydrogen) atoms. The Morgan fingerprint density at radius 3 is 2.50 bits per heavy atom. The van der Waals surface area contributed by atoms with Crippen LogP contribution in [0.4, 0.5) is 5.69 Å². The second kappa shape index (κ2) is 6.20. The van der Waals surface area contributed by atoms with Gasteiger partial charge in [-0.1, -0.05) is 17.7 Å². The first-order valence-corrected chi connectivity index (χ1v) is 7.92. The highest BCUT2D eigenvalue weighted by Crippen LogP contribution is 2.19. The molecule has 0 aromatic heterocycles. The van der Waals surface area contributed by atoms with E-state index >= 15 is 0 Å². The maximum atomic E-state index is 10.9. The van der Waals surface area contributed by atoms with Crippen LogP contribution in [-0.2, 0) is 10.0 Å². The van der Waals surface area contributed by atoms with E-state index in [0.717, 1.165) is 13.0 Å². The number of anilines is 1. The summed E-state index contributed by atoms with van der Waals surface area (Å²) in [4.78, 5) is 2.15. The van der Waals surface area contributed by atoms with Crippen LogP contribution in [0.1, 0.15) is 17.5 Å². The molecule has 0 radical (unpaired) electrons. The number of hydrogen-bond donors (Lipinski definition) is 1. The Kier molecular flexibility index (Phi) is 5.16. The largest absolute Gasteiger partial charge is 0.374 e. The van der Waals surface area contributed by atoms with Gasteiger partial charge in [0.15, 0.2) is 0 Å². The van der Waals surface area contributed by atoms with Crippen molar-refractivity contribution in [2.75, 3.05) is 31.3 Å². The number of nitrogens with one attached hydrogen (secondary N) is 1. The van der Waals surface area contributed by atoms with Crippen molar-refractivity contribution in [2.24, 2.45) is 0 Å². The van der Waals surface area contributed by atoms with Crippen molar-refractivity contribution in [2.45, 2.75) is 20.3 Å². The number of aryl methyl sites for hydroxylation is 2. The minimum atomic E-state index is -3.07. The molecule has 0 aliphatic heterocycles. The van der Waals surface area contributed by atoms with E-state index in [1.54, 1.807) is 0 Å². The average Bonchev–Trinajstić information content (AvgIpc) is 2.22. The first-order chi connectivity index (χ1) is 8.29. The molecule has 1 aromatic carbocycles. The zero-order chi connectivity index (χ0) is 13.8. The number of sulfonamides is 1. The number of nitrogens with zero attached hydrogens (tertiary/aromatic N) is 1. The number of benzene rings is 1. The van der Waals surface area contributed by atoms with E-state index in [9.17, 15) is 8.42 Å². The number of rotatable bonds is 6. The smallest absolute Gasteiger partial charge is 0.208 e. The van der Waals surface area contributed by atoms with Gasteiger partial charge in [0, 0.05) is 25.8 Å². The van der Waals surface area contributed by atoms with E-state index in [2.05, 4.69) is 41.7 Å². The van der Waals surface area contributed by atoms with Crippen LogP contribution in [0.3, 0.4) is 0 Å². The summed E-state index contributed by atoms with van der Waals surface area (Å²) in [5, 5.41) is 0. The molecule has 0 atom stereocenters. The second-order valence-corrected chi connectivity index (χ2v) is 6.56. The molecule has 102 valence electrons. The van der Waals surface area contributed by atoms with Gasteiger partial charge in [0.2, 0.25) is 10.0 Å². The molecule has 0 aliphatic carbocycles. The quantitative estimate of drug-likeness (QED) is 0.800. The van der Waals surface area contributed by atoms with Crippen LogP contribution in [0.25, 0.3) is 0 Å². The lowest BCUT2D eigenvalue weighted by molar-refractivity contribution is 0.585. The summed E-state index contributed by atoms with van der Waals surface area (Å²) in [6, 6.07) is 6.35. The molecule has 0 aliphatic rings. The van der Waals surface area contributed by atoms with E-state index in [0.29, 0.717) is 6.54 Å². The van der Waals surface area contributed by atoms with Crippen LogP contribution >= 0.6 is 0 Å². The fourth-order valence-corrected chi connectivity index (χ4v) is 2.44. The molecule has 5 heteroatoms. The van der Waals surface area contributed by atoms with Gasteiger partial charge >= 0.3 is 0 Å². The monoisotopic (exact) mass is 270 g/mol. The third-order valence-corrected chi connectivity index (χ3v) is 3.53. The normalized spacial score (nSPS) is 11.6. The van der Waals surface area contributed by atoms with Gasteiger partial charge in [0.1, 0.15) is 0 Å². The lowest BCUT2D eigenvalue weighted by atomic mass is 10.1. The predicted molar refractivity (Wildman–Crippen MR) is 76.6 cm³/mol. The summed E-state index contributed by atoms with van der Waals surface area (Å²) in [5.74, 6) is 0. The Bertz CT molecular complexity index is 498. The zero-order valence-electron chi connectivity index (χ0n) is 11.5. The van der Waals surface area contributed by atoms with E-state index in [-0.39, 0.29) is 0 Å². The predicted octanol–water partition coefficient (Wildman–Crippen LogP) is 1.68. The van der Waals surface area contributed by atoms with Crippen LogP contribution in [0.15, 0.2) is 18.2 Å². The number of hydrogen-bond acceptors (Lipinski definition) is 3.